The highest BCUT2D eigenvalue weighted by Gasteiger charge is 2.42. The fraction of sp³-hybridized carbons (Fsp3) is 0.550. The second-order valence-electron chi connectivity index (χ2n) is 7.23. The van der Waals surface area contributed by atoms with Gasteiger partial charge in [0.15, 0.2) is 6.10 Å². The lowest BCUT2D eigenvalue weighted by Crippen LogP contribution is -2.41. The third-order valence-electron chi connectivity index (χ3n) is 5.41. The number of fused-ring (bicyclic) bond motifs is 2. The first-order valence-electron chi connectivity index (χ1n) is 9.28. The number of ketones is 1. The molecule has 0 aliphatic heterocycles. The maximum absolute atomic E-state index is 12.9. The zero-order chi connectivity index (χ0) is 18.7. The minimum atomic E-state index is -0.898. The molecule has 6 heteroatoms. The first-order valence-corrected chi connectivity index (χ1v) is 9.28. The number of nitrogens with one attached hydrogen (secondary N) is 1. The molecular weight excluding hydrogens is 337 g/mol. The lowest BCUT2D eigenvalue weighted by atomic mass is 9.67. The second-order valence-corrected chi connectivity index (χ2v) is 7.23. The summed E-state index contributed by atoms with van der Waals surface area (Å²) in [6, 6.07) is 5.41. The number of rotatable bonds is 5. The molecular formula is C20H24FNO4. The summed E-state index contributed by atoms with van der Waals surface area (Å²) >= 11 is 0. The average molecular weight is 361 g/mol. The van der Waals surface area contributed by atoms with Gasteiger partial charge in [0.2, 0.25) is 0 Å². The highest BCUT2D eigenvalue weighted by atomic mass is 19.1. The van der Waals surface area contributed by atoms with Crippen LogP contribution < -0.4 is 5.32 Å². The number of anilines is 1. The van der Waals surface area contributed by atoms with E-state index in [9.17, 15) is 18.8 Å². The molecule has 26 heavy (non-hydrogen) atoms. The van der Waals surface area contributed by atoms with Crippen molar-refractivity contribution in [3.63, 3.8) is 0 Å². The van der Waals surface area contributed by atoms with Gasteiger partial charge in [-0.3, -0.25) is 14.4 Å². The van der Waals surface area contributed by atoms with E-state index in [-0.39, 0.29) is 23.6 Å². The number of benzene rings is 1. The summed E-state index contributed by atoms with van der Waals surface area (Å²) < 4.78 is 18.4. The van der Waals surface area contributed by atoms with Crippen molar-refractivity contribution in [3.8, 4) is 0 Å². The van der Waals surface area contributed by atoms with Gasteiger partial charge in [-0.2, -0.15) is 0 Å². The molecule has 1 amide bonds. The smallest absolute Gasteiger partial charge is 0.309 e. The SMILES string of the molecule is CC[C@@H](OC(=O)C1C[C@H]2CCC[C@@H](C1)C2=O)C(=O)Nc1ccc(F)cc1. The lowest BCUT2D eigenvalue weighted by Gasteiger charge is -2.36. The molecule has 0 radical (unpaired) electrons. The second kappa shape index (κ2) is 7.98. The summed E-state index contributed by atoms with van der Waals surface area (Å²) in [5, 5.41) is 2.64. The Morgan fingerprint density at radius 1 is 1.19 bits per heavy atom. The Balaban J connectivity index is 1.58. The van der Waals surface area contributed by atoms with Crippen LogP contribution in [0.1, 0.15) is 45.4 Å². The van der Waals surface area contributed by atoms with Gasteiger partial charge in [-0.05, 0) is 56.4 Å². The quantitative estimate of drug-likeness (QED) is 0.815. The molecule has 2 fully saturated rings. The van der Waals surface area contributed by atoms with Crippen LogP contribution in [0.15, 0.2) is 24.3 Å². The Labute approximate surface area is 152 Å². The van der Waals surface area contributed by atoms with Crippen molar-refractivity contribution >= 4 is 23.3 Å². The summed E-state index contributed by atoms with van der Waals surface area (Å²) in [4.78, 5) is 37.0. The maximum atomic E-state index is 12.9. The maximum Gasteiger partial charge on any atom is 0.309 e. The van der Waals surface area contributed by atoms with E-state index in [1.165, 1.54) is 24.3 Å². The average Bonchev–Trinajstić information content (AvgIpc) is 2.61. The molecule has 2 saturated carbocycles. The largest absolute Gasteiger partial charge is 0.452 e. The Kier molecular flexibility index (Phi) is 5.69. The first-order chi connectivity index (χ1) is 12.5. The van der Waals surface area contributed by atoms with Crippen molar-refractivity contribution in [2.75, 3.05) is 5.32 Å². The van der Waals surface area contributed by atoms with E-state index in [4.69, 9.17) is 4.74 Å². The van der Waals surface area contributed by atoms with Crippen LogP contribution in [-0.2, 0) is 19.1 Å². The summed E-state index contributed by atoms with van der Waals surface area (Å²) in [5.74, 6) is -1.30. The third-order valence-corrected chi connectivity index (χ3v) is 5.41. The van der Waals surface area contributed by atoms with Crippen LogP contribution in [0.2, 0.25) is 0 Å². The monoisotopic (exact) mass is 361 g/mol. The number of Topliss-reactive ketones (excluding diaryl/α,β-unsaturated/α-hetero) is 1. The topological polar surface area (TPSA) is 72.5 Å². The zero-order valence-corrected chi connectivity index (χ0v) is 14.9. The van der Waals surface area contributed by atoms with Gasteiger partial charge in [0, 0.05) is 17.5 Å². The number of halogens is 1. The minimum Gasteiger partial charge on any atom is -0.452 e. The molecule has 0 spiro atoms. The normalized spacial score (nSPS) is 26.1. The number of amides is 1. The fourth-order valence-corrected chi connectivity index (χ4v) is 3.99. The van der Waals surface area contributed by atoms with Gasteiger partial charge in [0.1, 0.15) is 11.6 Å². The van der Waals surface area contributed by atoms with E-state index in [1.807, 2.05) is 0 Å². The van der Waals surface area contributed by atoms with Crippen LogP contribution in [0.4, 0.5) is 10.1 Å². The van der Waals surface area contributed by atoms with Crippen LogP contribution in [0.5, 0.6) is 0 Å². The molecule has 1 aromatic rings. The van der Waals surface area contributed by atoms with E-state index < -0.39 is 18.0 Å². The molecule has 0 aromatic heterocycles. The van der Waals surface area contributed by atoms with Crippen molar-refractivity contribution in [3.05, 3.63) is 30.1 Å². The molecule has 0 heterocycles. The van der Waals surface area contributed by atoms with Gasteiger partial charge in [-0.1, -0.05) is 13.3 Å². The molecule has 2 aliphatic carbocycles. The van der Waals surface area contributed by atoms with Crippen molar-refractivity contribution < 1.29 is 23.5 Å². The van der Waals surface area contributed by atoms with Crippen LogP contribution in [0.3, 0.4) is 0 Å². The van der Waals surface area contributed by atoms with E-state index in [1.54, 1.807) is 6.92 Å². The first kappa shape index (κ1) is 18.5. The van der Waals surface area contributed by atoms with Gasteiger partial charge in [0.05, 0.1) is 5.92 Å². The van der Waals surface area contributed by atoms with Crippen LogP contribution in [-0.4, -0.2) is 23.8 Å². The van der Waals surface area contributed by atoms with Gasteiger partial charge in [0.25, 0.3) is 5.91 Å². The third kappa shape index (κ3) is 4.11. The lowest BCUT2D eigenvalue weighted by molar-refractivity contribution is -0.162. The van der Waals surface area contributed by atoms with Gasteiger partial charge < -0.3 is 10.1 Å². The molecule has 140 valence electrons. The predicted molar refractivity (Wildman–Crippen MR) is 93.8 cm³/mol. The van der Waals surface area contributed by atoms with Gasteiger partial charge in [-0.15, -0.1) is 0 Å². The predicted octanol–water partition coefficient (Wildman–Crippen LogP) is 3.48. The number of hydrogen-bond acceptors (Lipinski definition) is 4. The van der Waals surface area contributed by atoms with E-state index >= 15 is 0 Å². The Bertz CT molecular complexity index is 672. The highest BCUT2D eigenvalue weighted by Crippen LogP contribution is 2.40. The fourth-order valence-electron chi connectivity index (χ4n) is 3.99. The van der Waals surface area contributed by atoms with Crippen LogP contribution in [0, 0.1) is 23.6 Å². The van der Waals surface area contributed by atoms with Crippen molar-refractivity contribution in [2.45, 2.75) is 51.6 Å². The molecule has 4 atom stereocenters. The van der Waals surface area contributed by atoms with Crippen LogP contribution in [0.25, 0.3) is 0 Å². The molecule has 0 saturated heterocycles. The number of carbonyl (C=O) groups is 3. The number of esters is 1. The summed E-state index contributed by atoms with van der Waals surface area (Å²) in [6.45, 7) is 1.77. The standard InChI is InChI=1S/C20H24FNO4/c1-2-17(19(24)22-16-8-6-15(21)7-9-16)26-20(25)14-10-12-4-3-5-13(11-14)18(12)23/h6-9,12-14,17H,2-5,10-11H2,1H3,(H,22,24)/t12-,13+,14?,17-/m1/s1. The molecule has 1 unspecified atom stereocenters. The van der Waals surface area contributed by atoms with E-state index in [0.717, 1.165) is 19.3 Å². The Morgan fingerprint density at radius 3 is 2.38 bits per heavy atom. The highest BCUT2D eigenvalue weighted by molar-refractivity contribution is 5.95. The minimum absolute atomic E-state index is 0.0341. The molecule has 5 nitrogen and oxygen atoms in total. The number of carbonyl (C=O) groups excluding carboxylic acids is 3. The molecule has 2 bridgehead atoms. The van der Waals surface area contributed by atoms with E-state index in [0.29, 0.717) is 30.7 Å². The van der Waals surface area contributed by atoms with Gasteiger partial charge in [-0.25, -0.2) is 4.39 Å². The van der Waals surface area contributed by atoms with Crippen molar-refractivity contribution in [2.24, 2.45) is 17.8 Å². The van der Waals surface area contributed by atoms with Crippen molar-refractivity contribution in [1.82, 2.24) is 0 Å². The molecule has 1 aromatic carbocycles. The molecule has 1 N–H and O–H groups in total. The Morgan fingerprint density at radius 2 is 1.81 bits per heavy atom. The van der Waals surface area contributed by atoms with Crippen LogP contribution >= 0.6 is 0 Å². The van der Waals surface area contributed by atoms with Gasteiger partial charge >= 0.3 is 5.97 Å². The summed E-state index contributed by atoms with van der Waals surface area (Å²) in [7, 11) is 0. The summed E-state index contributed by atoms with van der Waals surface area (Å²) in [6.07, 6.45) is 3.25. The van der Waals surface area contributed by atoms with E-state index in [2.05, 4.69) is 5.32 Å². The Hall–Kier alpha value is -2.24. The van der Waals surface area contributed by atoms with Crippen molar-refractivity contribution in [1.29, 1.82) is 0 Å². The number of ether oxygens (including phenoxy) is 1. The number of hydrogen-bond donors (Lipinski definition) is 1. The summed E-state index contributed by atoms with van der Waals surface area (Å²) in [5.41, 5.74) is 0.448. The molecule has 3 rings (SSSR count). The molecule has 2 aliphatic rings. The zero-order valence-electron chi connectivity index (χ0n) is 14.9.